The summed E-state index contributed by atoms with van der Waals surface area (Å²) in [7, 11) is 1.86. The third kappa shape index (κ3) is 2.89. The molecule has 0 aromatic heterocycles. The fourth-order valence-electron chi connectivity index (χ4n) is 2.46. The second-order valence-corrected chi connectivity index (χ2v) is 5.36. The molecule has 19 heavy (non-hydrogen) atoms. The van der Waals surface area contributed by atoms with Gasteiger partial charge < -0.3 is 15.3 Å². The molecule has 1 amide bonds. The van der Waals surface area contributed by atoms with Gasteiger partial charge in [0, 0.05) is 31.4 Å². The quantitative estimate of drug-likeness (QED) is 0.855. The second-order valence-electron chi connectivity index (χ2n) is 5.36. The Morgan fingerprint density at radius 1 is 1.47 bits per heavy atom. The first-order valence-corrected chi connectivity index (χ1v) is 6.78. The predicted octanol–water partition coefficient (Wildman–Crippen LogP) is 1.88. The number of likely N-dealkylation sites (tertiary alicyclic amines) is 1. The van der Waals surface area contributed by atoms with Crippen molar-refractivity contribution in [2.24, 2.45) is 5.92 Å². The van der Waals surface area contributed by atoms with Gasteiger partial charge >= 0.3 is 0 Å². The van der Waals surface area contributed by atoms with E-state index < -0.39 is 6.10 Å². The van der Waals surface area contributed by atoms with E-state index in [2.05, 4.69) is 5.32 Å². The number of β-amino-alcohol motifs (C(OH)–C–C–N with tert-alkyl or cyclic N) is 1. The minimum Gasteiger partial charge on any atom is -0.391 e. The summed E-state index contributed by atoms with van der Waals surface area (Å²) in [6.45, 7) is 5.13. The van der Waals surface area contributed by atoms with Crippen LogP contribution in [-0.2, 0) is 0 Å². The number of anilines is 1. The summed E-state index contributed by atoms with van der Waals surface area (Å²) in [6, 6.07) is 5.73. The molecule has 4 heteroatoms. The summed E-state index contributed by atoms with van der Waals surface area (Å²) < 4.78 is 0. The van der Waals surface area contributed by atoms with Gasteiger partial charge in [0.15, 0.2) is 0 Å². The molecule has 0 radical (unpaired) electrons. The van der Waals surface area contributed by atoms with Crippen LogP contribution in [0.3, 0.4) is 0 Å². The molecule has 2 unspecified atom stereocenters. The maximum atomic E-state index is 12.5. The van der Waals surface area contributed by atoms with E-state index >= 15 is 0 Å². The van der Waals surface area contributed by atoms with Crippen molar-refractivity contribution in [3.8, 4) is 0 Å². The number of hydrogen-bond acceptors (Lipinski definition) is 3. The molecule has 0 saturated carbocycles. The highest BCUT2D eigenvalue weighted by atomic mass is 16.3. The van der Waals surface area contributed by atoms with Gasteiger partial charge in [-0.2, -0.15) is 0 Å². The number of carbonyl (C=O) groups is 1. The number of nitrogens with one attached hydrogen (secondary N) is 1. The number of nitrogens with zero attached hydrogens (tertiary/aromatic N) is 1. The number of benzene rings is 1. The lowest BCUT2D eigenvalue weighted by atomic mass is 9.95. The number of piperidine rings is 1. The lowest BCUT2D eigenvalue weighted by molar-refractivity contribution is 0.0248. The maximum Gasteiger partial charge on any atom is 0.254 e. The van der Waals surface area contributed by atoms with Crippen LogP contribution in [0.15, 0.2) is 18.2 Å². The smallest absolute Gasteiger partial charge is 0.254 e. The molecule has 1 aliphatic heterocycles. The first-order chi connectivity index (χ1) is 9.02. The molecule has 0 aliphatic carbocycles. The van der Waals surface area contributed by atoms with Crippen LogP contribution in [0.1, 0.15) is 29.3 Å². The number of aliphatic hydroxyl groups excluding tert-OH is 1. The van der Waals surface area contributed by atoms with Crippen LogP contribution in [-0.4, -0.2) is 42.2 Å². The van der Waals surface area contributed by atoms with E-state index in [1.54, 1.807) is 4.90 Å². The van der Waals surface area contributed by atoms with Crippen molar-refractivity contribution in [2.45, 2.75) is 26.4 Å². The van der Waals surface area contributed by atoms with Gasteiger partial charge in [-0.25, -0.2) is 0 Å². The Balaban J connectivity index is 2.16. The number of rotatable bonds is 2. The van der Waals surface area contributed by atoms with Crippen molar-refractivity contribution < 1.29 is 9.90 Å². The van der Waals surface area contributed by atoms with Gasteiger partial charge in [-0.05, 0) is 43.0 Å². The average Bonchev–Trinajstić information content (AvgIpc) is 2.41. The Morgan fingerprint density at radius 2 is 2.21 bits per heavy atom. The summed E-state index contributed by atoms with van der Waals surface area (Å²) >= 11 is 0. The number of aliphatic hydroxyl groups is 1. The van der Waals surface area contributed by atoms with Gasteiger partial charge in [0.25, 0.3) is 5.91 Å². The molecule has 104 valence electrons. The zero-order valence-corrected chi connectivity index (χ0v) is 11.8. The maximum absolute atomic E-state index is 12.5. The Kier molecular flexibility index (Phi) is 4.10. The Hall–Kier alpha value is -1.55. The van der Waals surface area contributed by atoms with E-state index in [0.717, 1.165) is 29.8 Å². The molecule has 2 rings (SSSR count). The van der Waals surface area contributed by atoms with E-state index in [4.69, 9.17) is 0 Å². The Labute approximate surface area is 114 Å². The fraction of sp³-hybridized carbons (Fsp3) is 0.533. The van der Waals surface area contributed by atoms with Crippen molar-refractivity contribution in [2.75, 3.05) is 25.5 Å². The van der Waals surface area contributed by atoms with Gasteiger partial charge in [0.1, 0.15) is 0 Å². The molecule has 1 fully saturated rings. The predicted molar refractivity (Wildman–Crippen MR) is 76.4 cm³/mol. The number of carbonyl (C=O) groups excluding carboxylic acids is 1. The lowest BCUT2D eigenvalue weighted by Crippen LogP contribution is -2.46. The van der Waals surface area contributed by atoms with Gasteiger partial charge in [-0.1, -0.05) is 6.92 Å². The summed E-state index contributed by atoms with van der Waals surface area (Å²) in [5.74, 6) is 0.294. The molecule has 0 bridgehead atoms. The molecule has 2 N–H and O–H groups in total. The zero-order chi connectivity index (χ0) is 14.0. The van der Waals surface area contributed by atoms with Crippen LogP contribution in [0.2, 0.25) is 0 Å². The minimum absolute atomic E-state index is 0.0195. The van der Waals surface area contributed by atoms with Crippen LogP contribution < -0.4 is 5.32 Å². The normalized spacial score (nSPS) is 23.3. The molecular formula is C15H22N2O2. The van der Waals surface area contributed by atoms with Gasteiger partial charge in [-0.3, -0.25) is 4.79 Å². The van der Waals surface area contributed by atoms with E-state index in [1.165, 1.54) is 0 Å². The SMILES string of the molecule is CNc1ccc(C(=O)N2CCC(C)C(O)C2)c(C)c1. The summed E-state index contributed by atoms with van der Waals surface area (Å²) in [4.78, 5) is 14.2. The van der Waals surface area contributed by atoms with Crippen molar-refractivity contribution >= 4 is 11.6 Å². The average molecular weight is 262 g/mol. The van der Waals surface area contributed by atoms with Crippen molar-refractivity contribution in [1.82, 2.24) is 4.90 Å². The van der Waals surface area contributed by atoms with E-state index in [1.807, 2.05) is 39.1 Å². The number of aryl methyl sites for hydroxylation is 1. The molecule has 0 spiro atoms. The summed E-state index contributed by atoms with van der Waals surface area (Å²) in [5, 5.41) is 13.0. The summed E-state index contributed by atoms with van der Waals surface area (Å²) in [6.07, 6.45) is 0.454. The minimum atomic E-state index is -0.408. The highest BCUT2D eigenvalue weighted by molar-refractivity contribution is 5.96. The van der Waals surface area contributed by atoms with Crippen molar-refractivity contribution in [3.05, 3.63) is 29.3 Å². The topological polar surface area (TPSA) is 52.6 Å². The summed E-state index contributed by atoms with van der Waals surface area (Å²) in [5.41, 5.74) is 2.69. The van der Waals surface area contributed by atoms with Crippen molar-refractivity contribution in [1.29, 1.82) is 0 Å². The fourth-order valence-corrected chi connectivity index (χ4v) is 2.46. The van der Waals surface area contributed by atoms with E-state index in [0.29, 0.717) is 6.54 Å². The van der Waals surface area contributed by atoms with Crippen LogP contribution in [0, 0.1) is 12.8 Å². The molecule has 1 aromatic carbocycles. The van der Waals surface area contributed by atoms with Crippen LogP contribution in [0.5, 0.6) is 0 Å². The molecule has 2 atom stereocenters. The van der Waals surface area contributed by atoms with Gasteiger partial charge in [0.05, 0.1) is 6.10 Å². The number of hydrogen-bond donors (Lipinski definition) is 2. The second kappa shape index (κ2) is 5.61. The number of amides is 1. The van der Waals surface area contributed by atoms with Crippen LogP contribution in [0.4, 0.5) is 5.69 Å². The monoisotopic (exact) mass is 262 g/mol. The Morgan fingerprint density at radius 3 is 2.79 bits per heavy atom. The molecule has 1 aliphatic rings. The molecule has 1 aromatic rings. The van der Waals surface area contributed by atoms with Gasteiger partial charge in [0.2, 0.25) is 0 Å². The Bertz CT molecular complexity index is 473. The first-order valence-electron chi connectivity index (χ1n) is 6.78. The highest BCUT2D eigenvalue weighted by Crippen LogP contribution is 2.21. The third-order valence-corrected chi connectivity index (χ3v) is 3.95. The van der Waals surface area contributed by atoms with Crippen LogP contribution >= 0.6 is 0 Å². The van der Waals surface area contributed by atoms with E-state index in [-0.39, 0.29) is 11.8 Å². The van der Waals surface area contributed by atoms with Gasteiger partial charge in [-0.15, -0.1) is 0 Å². The third-order valence-electron chi connectivity index (χ3n) is 3.95. The van der Waals surface area contributed by atoms with Crippen LogP contribution in [0.25, 0.3) is 0 Å². The highest BCUT2D eigenvalue weighted by Gasteiger charge is 2.28. The molecule has 4 nitrogen and oxygen atoms in total. The molecule has 1 heterocycles. The lowest BCUT2D eigenvalue weighted by Gasteiger charge is -2.34. The van der Waals surface area contributed by atoms with E-state index in [9.17, 15) is 9.90 Å². The standard InChI is InChI=1S/C15H22N2O2/c1-10-6-7-17(9-14(10)18)15(19)13-5-4-12(16-3)8-11(13)2/h4-5,8,10,14,16,18H,6-7,9H2,1-3H3. The zero-order valence-electron chi connectivity index (χ0n) is 11.8. The molecular weight excluding hydrogens is 240 g/mol. The first kappa shape index (κ1) is 13.9. The molecule has 1 saturated heterocycles. The largest absolute Gasteiger partial charge is 0.391 e. The van der Waals surface area contributed by atoms with Crippen molar-refractivity contribution in [3.63, 3.8) is 0 Å².